The van der Waals surface area contributed by atoms with E-state index in [1.54, 1.807) is 0 Å². The van der Waals surface area contributed by atoms with Crippen LogP contribution >= 0.6 is 0 Å². The lowest BCUT2D eigenvalue weighted by atomic mass is 9.83. The molecule has 4 heteroatoms. The summed E-state index contributed by atoms with van der Waals surface area (Å²) in [6.45, 7) is 0. The van der Waals surface area contributed by atoms with Gasteiger partial charge < -0.3 is 14.5 Å². The molecule has 0 amide bonds. The Morgan fingerprint density at radius 1 is 1.75 bits per heavy atom. The molecule has 0 saturated carbocycles. The zero-order valence-corrected chi connectivity index (χ0v) is 3.88. The van der Waals surface area contributed by atoms with Crippen molar-refractivity contribution in [3.63, 3.8) is 0 Å². The zero-order chi connectivity index (χ0) is 8.59. The molecule has 0 aliphatic rings. The summed E-state index contributed by atoms with van der Waals surface area (Å²) < 4.78 is 25.2. The molecular formula is C4H5BO3. The van der Waals surface area contributed by atoms with Crippen LogP contribution in [0.15, 0.2) is 22.9 Å². The molecule has 0 atom stereocenters. The third-order valence-electron chi connectivity index (χ3n) is 0.656. The second-order valence-corrected chi connectivity index (χ2v) is 1.22. The number of hydrogen-bond acceptors (Lipinski definition) is 3. The molecule has 0 saturated heterocycles. The molecule has 3 nitrogen and oxygen atoms in total. The Morgan fingerprint density at radius 3 is 2.75 bits per heavy atom. The SMILES string of the molecule is [2H]c1oc([2H])c(B(O)O)c1[2H]. The highest BCUT2D eigenvalue weighted by molar-refractivity contribution is 6.58. The summed E-state index contributed by atoms with van der Waals surface area (Å²) in [4.78, 5) is 0. The molecule has 0 aliphatic carbocycles. The lowest BCUT2D eigenvalue weighted by Crippen LogP contribution is -2.27. The Labute approximate surface area is 50.9 Å². The Hall–Kier alpha value is -0.735. The maximum atomic E-state index is 8.57. The maximum Gasteiger partial charge on any atom is 0.491 e. The second-order valence-electron chi connectivity index (χ2n) is 1.22. The van der Waals surface area contributed by atoms with Gasteiger partial charge in [0, 0.05) is 5.46 Å². The zero-order valence-electron chi connectivity index (χ0n) is 6.88. The van der Waals surface area contributed by atoms with E-state index < -0.39 is 25.6 Å². The molecule has 2 N–H and O–H groups in total. The van der Waals surface area contributed by atoms with Crippen LogP contribution in [0.2, 0.25) is 0 Å². The predicted octanol–water partition coefficient (Wildman–Crippen LogP) is -1.04. The lowest BCUT2D eigenvalue weighted by molar-refractivity contribution is 0.425. The van der Waals surface area contributed by atoms with Crippen molar-refractivity contribution in [3.8, 4) is 0 Å². The van der Waals surface area contributed by atoms with Gasteiger partial charge in [-0.2, -0.15) is 0 Å². The molecule has 0 radical (unpaired) electrons. The molecule has 8 heavy (non-hydrogen) atoms. The summed E-state index contributed by atoms with van der Waals surface area (Å²) in [7, 11) is -1.92. The Bertz CT molecular complexity index is 272. The molecule has 1 rings (SSSR count). The quantitative estimate of drug-likeness (QED) is 0.459. The van der Waals surface area contributed by atoms with Crippen molar-refractivity contribution in [2.24, 2.45) is 0 Å². The van der Waals surface area contributed by atoms with Crippen molar-refractivity contribution in [2.75, 3.05) is 0 Å². The number of rotatable bonds is 1. The van der Waals surface area contributed by atoms with E-state index in [2.05, 4.69) is 4.42 Å². The Balaban J connectivity index is 3.22. The average molecular weight is 115 g/mol. The van der Waals surface area contributed by atoms with Crippen LogP contribution in [-0.2, 0) is 0 Å². The van der Waals surface area contributed by atoms with E-state index in [1.165, 1.54) is 0 Å². The Kier molecular flexibility index (Phi) is 0.684. The summed E-state index contributed by atoms with van der Waals surface area (Å²) in [5.41, 5.74) is -0.366. The second kappa shape index (κ2) is 2.02. The monoisotopic (exact) mass is 115 g/mol. The first-order chi connectivity index (χ1) is 5.04. The third kappa shape index (κ3) is 0.909. The third-order valence-corrected chi connectivity index (χ3v) is 0.656. The van der Waals surface area contributed by atoms with Gasteiger partial charge >= 0.3 is 7.12 Å². The van der Waals surface area contributed by atoms with E-state index in [9.17, 15) is 0 Å². The van der Waals surface area contributed by atoms with Crippen molar-refractivity contribution >= 4 is 12.6 Å². The van der Waals surface area contributed by atoms with Crippen LogP contribution in [0.4, 0.5) is 0 Å². The molecule has 0 spiro atoms. The fourth-order valence-electron chi connectivity index (χ4n) is 0.304. The summed E-state index contributed by atoms with van der Waals surface area (Å²) in [5, 5.41) is 17.1. The number of furan rings is 1. The van der Waals surface area contributed by atoms with Crippen molar-refractivity contribution < 1.29 is 18.6 Å². The molecule has 1 aromatic rings. The summed E-state index contributed by atoms with van der Waals surface area (Å²) >= 11 is 0. The molecule has 0 unspecified atom stereocenters. The van der Waals surface area contributed by atoms with Crippen LogP contribution in [0.5, 0.6) is 0 Å². The van der Waals surface area contributed by atoms with Gasteiger partial charge in [0.05, 0.1) is 13.8 Å². The number of hydrogen-bond donors (Lipinski definition) is 2. The minimum Gasteiger partial charge on any atom is -0.473 e. The van der Waals surface area contributed by atoms with E-state index in [1.807, 2.05) is 0 Å². The molecule has 1 heterocycles. The van der Waals surface area contributed by atoms with Crippen LogP contribution < -0.4 is 5.46 Å². The van der Waals surface area contributed by atoms with Crippen LogP contribution in [-0.4, -0.2) is 17.2 Å². The van der Waals surface area contributed by atoms with Crippen molar-refractivity contribution in [3.05, 3.63) is 18.5 Å². The van der Waals surface area contributed by atoms with E-state index in [0.29, 0.717) is 0 Å². The molecule has 0 bridgehead atoms. The van der Waals surface area contributed by atoms with Gasteiger partial charge in [-0.3, -0.25) is 0 Å². The standard InChI is InChI=1S/C4H5BO3/c6-5(7)4-1-2-8-3-4/h1-3,6-7H/i1D,2D,3D. The van der Waals surface area contributed by atoms with Crippen LogP contribution in [0.1, 0.15) is 4.11 Å². The maximum absolute atomic E-state index is 8.57. The largest absolute Gasteiger partial charge is 0.491 e. The highest BCUT2D eigenvalue weighted by Crippen LogP contribution is 1.82. The molecule has 0 fully saturated rings. The van der Waals surface area contributed by atoms with Gasteiger partial charge in [-0.25, -0.2) is 0 Å². The van der Waals surface area contributed by atoms with Crippen LogP contribution in [0.3, 0.4) is 0 Å². The minimum absolute atomic E-state index is 0.366. The van der Waals surface area contributed by atoms with E-state index >= 15 is 0 Å². The highest BCUT2D eigenvalue weighted by atomic mass is 16.4. The molecule has 0 aromatic carbocycles. The van der Waals surface area contributed by atoms with E-state index in [0.717, 1.165) is 0 Å². The van der Waals surface area contributed by atoms with Gasteiger partial charge in [0.25, 0.3) is 0 Å². The summed E-state index contributed by atoms with van der Waals surface area (Å²) in [6, 6.07) is -0.454. The Morgan fingerprint density at radius 2 is 2.50 bits per heavy atom. The molecular weight excluding hydrogens is 107 g/mol. The van der Waals surface area contributed by atoms with E-state index in [4.69, 9.17) is 14.2 Å². The van der Waals surface area contributed by atoms with Gasteiger partial charge in [0.15, 0.2) is 0 Å². The van der Waals surface area contributed by atoms with Gasteiger partial charge in [0.2, 0.25) is 0 Å². The highest BCUT2D eigenvalue weighted by Gasteiger charge is 2.10. The van der Waals surface area contributed by atoms with Gasteiger partial charge in [-0.15, -0.1) is 0 Å². The molecule has 0 aliphatic heterocycles. The first-order valence-corrected chi connectivity index (χ1v) is 1.96. The summed E-state index contributed by atoms with van der Waals surface area (Å²) in [6.07, 6.45) is -1.08. The van der Waals surface area contributed by atoms with Gasteiger partial charge in [-0.05, 0) is 6.04 Å². The predicted molar refractivity (Wildman–Crippen MR) is 28.5 cm³/mol. The lowest BCUT2D eigenvalue weighted by Gasteiger charge is -1.86. The van der Waals surface area contributed by atoms with Crippen LogP contribution in [0, 0.1) is 0 Å². The van der Waals surface area contributed by atoms with Crippen molar-refractivity contribution in [2.45, 2.75) is 0 Å². The fourth-order valence-corrected chi connectivity index (χ4v) is 0.304. The smallest absolute Gasteiger partial charge is 0.473 e. The van der Waals surface area contributed by atoms with Gasteiger partial charge in [0.1, 0.15) is 2.74 Å². The van der Waals surface area contributed by atoms with E-state index in [-0.39, 0.29) is 5.46 Å². The minimum atomic E-state index is -1.92. The summed E-state index contributed by atoms with van der Waals surface area (Å²) in [5.74, 6) is 0. The van der Waals surface area contributed by atoms with Crippen LogP contribution in [0.25, 0.3) is 0 Å². The molecule has 1 aromatic heterocycles. The topological polar surface area (TPSA) is 53.6 Å². The first kappa shape index (κ1) is 2.71. The first-order valence-electron chi connectivity index (χ1n) is 3.46. The average Bonchev–Trinajstić information content (AvgIpc) is 2.07. The van der Waals surface area contributed by atoms with Crippen molar-refractivity contribution in [1.29, 1.82) is 0 Å². The van der Waals surface area contributed by atoms with Crippen molar-refractivity contribution in [1.82, 2.24) is 0 Å². The fraction of sp³-hybridized carbons (Fsp3) is 0. The molecule has 42 valence electrons. The normalized spacial score (nSPS) is 14.5. The van der Waals surface area contributed by atoms with Gasteiger partial charge in [-0.1, -0.05) is 0 Å².